The van der Waals surface area contributed by atoms with Gasteiger partial charge in [-0.3, -0.25) is 9.59 Å². The number of benzene rings is 2. The average molecular weight is 491 g/mol. The van der Waals surface area contributed by atoms with Crippen molar-refractivity contribution in [1.82, 2.24) is 9.80 Å². The molecule has 1 atom stereocenters. The van der Waals surface area contributed by atoms with Crippen LogP contribution in [0.1, 0.15) is 54.9 Å². The molecule has 4 rings (SSSR count). The third-order valence-electron chi connectivity index (χ3n) is 6.64. The summed E-state index contributed by atoms with van der Waals surface area (Å²) in [5, 5.41) is 11.8. The van der Waals surface area contributed by atoms with Crippen LogP contribution in [-0.4, -0.2) is 59.4 Å². The number of ketones is 1. The highest BCUT2D eigenvalue weighted by Crippen LogP contribution is 2.40. The second-order valence-electron chi connectivity index (χ2n) is 9.09. The first-order valence-corrected chi connectivity index (χ1v) is 12.6. The SMILES string of the molecule is CCCOc1cccc(C2C(C(=O)c3cc4cc(C)ccc4o3)=C(O)C(=O)N2CCN(CC)CC)c1. The molecule has 3 aromatic rings. The number of furan rings is 1. The zero-order valence-electron chi connectivity index (χ0n) is 21.4. The number of aliphatic hydroxyl groups is 1. The molecular weight excluding hydrogens is 456 g/mol. The summed E-state index contributed by atoms with van der Waals surface area (Å²) in [5.74, 6) is -0.824. The lowest BCUT2D eigenvalue weighted by atomic mass is 9.94. The Kier molecular flexibility index (Phi) is 7.79. The summed E-state index contributed by atoms with van der Waals surface area (Å²) in [6, 6.07) is 14.0. The van der Waals surface area contributed by atoms with E-state index in [1.54, 1.807) is 11.0 Å². The number of aryl methyl sites for hydroxylation is 1. The van der Waals surface area contributed by atoms with Gasteiger partial charge in [0.05, 0.1) is 18.2 Å². The molecule has 1 N–H and O–H groups in total. The standard InChI is InChI=1S/C29H34N2O5/c1-5-15-35-22-10-8-9-20(17-22)26-25(28(33)29(34)31(26)14-13-30(6-2)7-3)27(32)24-18-21-16-19(4)11-12-23(21)36-24/h8-12,16-18,26,33H,5-7,13-15H2,1-4H3. The summed E-state index contributed by atoms with van der Waals surface area (Å²) in [4.78, 5) is 30.8. The molecule has 0 bridgehead atoms. The van der Waals surface area contributed by atoms with Gasteiger partial charge >= 0.3 is 0 Å². The number of carbonyl (C=O) groups excluding carboxylic acids is 2. The third kappa shape index (κ3) is 5.02. The summed E-state index contributed by atoms with van der Waals surface area (Å²) in [6.45, 7) is 11.4. The number of hydrogen-bond acceptors (Lipinski definition) is 6. The number of hydrogen-bond donors (Lipinski definition) is 1. The molecule has 1 amide bonds. The predicted molar refractivity (Wildman–Crippen MR) is 139 cm³/mol. The van der Waals surface area contributed by atoms with Gasteiger partial charge in [0, 0.05) is 18.5 Å². The van der Waals surface area contributed by atoms with Crippen molar-refractivity contribution in [3.63, 3.8) is 0 Å². The second-order valence-corrected chi connectivity index (χ2v) is 9.09. The van der Waals surface area contributed by atoms with Crippen molar-refractivity contribution < 1.29 is 23.8 Å². The molecule has 36 heavy (non-hydrogen) atoms. The Morgan fingerprint density at radius 2 is 1.89 bits per heavy atom. The Labute approximate surface area is 211 Å². The Bertz CT molecular complexity index is 1290. The van der Waals surface area contributed by atoms with Crippen molar-refractivity contribution in [3.8, 4) is 5.75 Å². The van der Waals surface area contributed by atoms with Crippen LogP contribution >= 0.6 is 0 Å². The number of Topliss-reactive ketones (excluding diaryl/α,β-unsaturated/α-hetero) is 1. The number of rotatable bonds is 11. The van der Waals surface area contributed by atoms with E-state index in [1.807, 2.05) is 56.3 Å². The van der Waals surface area contributed by atoms with Gasteiger partial charge in [-0.1, -0.05) is 44.5 Å². The van der Waals surface area contributed by atoms with E-state index < -0.39 is 23.5 Å². The lowest BCUT2D eigenvalue weighted by Gasteiger charge is -2.29. The maximum absolute atomic E-state index is 13.8. The molecule has 0 fully saturated rings. The van der Waals surface area contributed by atoms with E-state index in [0.717, 1.165) is 30.5 Å². The monoisotopic (exact) mass is 490 g/mol. The highest BCUT2D eigenvalue weighted by Gasteiger charge is 2.44. The fraction of sp³-hybridized carbons (Fsp3) is 0.379. The maximum atomic E-state index is 13.8. The van der Waals surface area contributed by atoms with Crippen LogP contribution in [0.2, 0.25) is 0 Å². The zero-order chi connectivity index (χ0) is 25.8. The molecule has 2 heterocycles. The minimum Gasteiger partial charge on any atom is -0.503 e. The average Bonchev–Trinajstić information content (AvgIpc) is 3.41. The fourth-order valence-electron chi connectivity index (χ4n) is 4.65. The van der Waals surface area contributed by atoms with E-state index in [-0.39, 0.29) is 11.3 Å². The van der Waals surface area contributed by atoms with Crippen molar-refractivity contribution >= 4 is 22.7 Å². The minimum atomic E-state index is -0.749. The lowest BCUT2D eigenvalue weighted by Crippen LogP contribution is -2.38. The van der Waals surface area contributed by atoms with Gasteiger partial charge < -0.3 is 24.1 Å². The van der Waals surface area contributed by atoms with Crippen molar-refractivity contribution in [2.75, 3.05) is 32.8 Å². The van der Waals surface area contributed by atoms with Crippen LogP contribution in [0, 0.1) is 6.92 Å². The Balaban J connectivity index is 1.75. The van der Waals surface area contributed by atoms with Crippen LogP contribution in [-0.2, 0) is 4.79 Å². The number of carbonyl (C=O) groups is 2. The molecule has 1 unspecified atom stereocenters. The summed E-state index contributed by atoms with van der Waals surface area (Å²) < 4.78 is 11.7. The third-order valence-corrected chi connectivity index (χ3v) is 6.64. The summed E-state index contributed by atoms with van der Waals surface area (Å²) >= 11 is 0. The molecule has 7 nitrogen and oxygen atoms in total. The fourth-order valence-corrected chi connectivity index (χ4v) is 4.65. The molecule has 190 valence electrons. The summed E-state index contributed by atoms with van der Waals surface area (Å²) in [6.07, 6.45) is 0.859. The number of amides is 1. The molecule has 0 saturated carbocycles. The summed E-state index contributed by atoms with van der Waals surface area (Å²) in [5.41, 5.74) is 2.36. The smallest absolute Gasteiger partial charge is 0.290 e. The van der Waals surface area contributed by atoms with E-state index in [9.17, 15) is 14.7 Å². The van der Waals surface area contributed by atoms with Gasteiger partial charge in [-0.2, -0.15) is 0 Å². The highest BCUT2D eigenvalue weighted by atomic mass is 16.5. The van der Waals surface area contributed by atoms with Crippen LogP contribution in [0.5, 0.6) is 5.75 Å². The molecule has 0 spiro atoms. The van der Waals surface area contributed by atoms with Gasteiger partial charge in [-0.25, -0.2) is 0 Å². The molecule has 1 aliphatic rings. The molecule has 1 aromatic heterocycles. The normalized spacial score (nSPS) is 16.0. The molecule has 2 aromatic carbocycles. The van der Waals surface area contributed by atoms with Crippen LogP contribution in [0.15, 0.2) is 64.3 Å². The number of aliphatic hydroxyl groups excluding tert-OH is 1. The van der Waals surface area contributed by atoms with Crippen molar-refractivity contribution in [2.24, 2.45) is 0 Å². The first-order valence-electron chi connectivity index (χ1n) is 12.6. The van der Waals surface area contributed by atoms with Crippen molar-refractivity contribution in [2.45, 2.75) is 40.2 Å². The van der Waals surface area contributed by atoms with Crippen molar-refractivity contribution in [1.29, 1.82) is 0 Å². The Hall–Kier alpha value is -3.58. The van der Waals surface area contributed by atoms with Gasteiger partial charge in [-0.15, -0.1) is 0 Å². The lowest BCUT2D eigenvalue weighted by molar-refractivity contribution is -0.129. The maximum Gasteiger partial charge on any atom is 0.290 e. The van der Waals surface area contributed by atoms with E-state index in [0.29, 0.717) is 36.6 Å². The number of likely N-dealkylation sites (N-methyl/N-ethyl adjacent to an activating group) is 1. The van der Waals surface area contributed by atoms with Gasteiger partial charge in [0.2, 0.25) is 5.78 Å². The number of fused-ring (bicyclic) bond motifs is 1. The van der Waals surface area contributed by atoms with Crippen LogP contribution < -0.4 is 4.74 Å². The molecular formula is C29H34N2O5. The second kappa shape index (κ2) is 11.0. The number of nitrogens with zero attached hydrogens (tertiary/aromatic N) is 2. The van der Waals surface area contributed by atoms with Crippen LogP contribution in [0.25, 0.3) is 11.0 Å². The topological polar surface area (TPSA) is 83.2 Å². The van der Waals surface area contributed by atoms with Crippen LogP contribution in [0.3, 0.4) is 0 Å². The molecule has 0 radical (unpaired) electrons. The molecule has 0 saturated heterocycles. The van der Waals surface area contributed by atoms with Gasteiger partial charge in [-0.05, 0) is 62.3 Å². The van der Waals surface area contributed by atoms with E-state index in [1.165, 1.54) is 0 Å². The van der Waals surface area contributed by atoms with Crippen LogP contribution in [0.4, 0.5) is 0 Å². The quantitative estimate of drug-likeness (QED) is 0.360. The first-order chi connectivity index (χ1) is 17.4. The highest BCUT2D eigenvalue weighted by molar-refractivity contribution is 6.16. The first kappa shape index (κ1) is 25.5. The largest absolute Gasteiger partial charge is 0.503 e. The minimum absolute atomic E-state index is 0.0305. The number of ether oxygens (including phenoxy) is 1. The van der Waals surface area contributed by atoms with E-state index in [2.05, 4.69) is 18.7 Å². The molecule has 1 aliphatic heterocycles. The molecule has 0 aliphatic carbocycles. The molecule has 7 heteroatoms. The van der Waals surface area contributed by atoms with Gasteiger partial charge in [0.25, 0.3) is 5.91 Å². The van der Waals surface area contributed by atoms with E-state index >= 15 is 0 Å². The van der Waals surface area contributed by atoms with Gasteiger partial charge in [0.15, 0.2) is 11.5 Å². The van der Waals surface area contributed by atoms with Crippen molar-refractivity contribution in [3.05, 3.63) is 76.8 Å². The Morgan fingerprint density at radius 3 is 2.61 bits per heavy atom. The predicted octanol–water partition coefficient (Wildman–Crippen LogP) is 5.45. The summed E-state index contributed by atoms with van der Waals surface area (Å²) in [7, 11) is 0. The van der Waals surface area contributed by atoms with E-state index in [4.69, 9.17) is 9.15 Å². The zero-order valence-corrected chi connectivity index (χ0v) is 21.4. The van der Waals surface area contributed by atoms with Gasteiger partial charge in [0.1, 0.15) is 11.3 Å². The Morgan fingerprint density at radius 1 is 1.11 bits per heavy atom.